The highest BCUT2D eigenvalue weighted by atomic mass is 35.5. The maximum atomic E-state index is 15.4. The number of carbonyl (C=O) groups is 16. The quantitative estimate of drug-likeness (QED) is 0.0226. The smallest absolute Gasteiger partial charge is 0.322 e. The number of nitrogens with zero attached hydrogens (tertiary/aromatic N) is 2. The van der Waals surface area contributed by atoms with Crippen molar-refractivity contribution in [3.8, 4) is 0 Å². The van der Waals surface area contributed by atoms with Crippen molar-refractivity contribution in [2.24, 2.45) is 17.4 Å². The number of likely N-dealkylation sites (tertiary alicyclic amines) is 1. The third kappa shape index (κ3) is 26.6. The highest BCUT2D eigenvalue weighted by Crippen LogP contribution is 2.23. The molecule has 115 heavy (non-hydrogen) atoms. The molecule has 0 aliphatic carbocycles. The molecule has 19 N–H and O–H groups in total. The lowest BCUT2D eigenvalue weighted by Gasteiger charge is -2.30. The van der Waals surface area contributed by atoms with Crippen molar-refractivity contribution in [1.82, 2.24) is 73.7 Å². The van der Waals surface area contributed by atoms with E-state index in [4.69, 9.17) is 23.1 Å². The van der Waals surface area contributed by atoms with E-state index in [2.05, 4.69) is 74.1 Å². The molecule has 11 atom stereocenters. The number of urea groups is 2. The molecule has 0 spiro atoms. The highest BCUT2D eigenvalue weighted by molar-refractivity contribution is 6.30. The molecular formula is C79H95ClN18O17. The van der Waals surface area contributed by atoms with Crippen molar-refractivity contribution in [2.45, 2.75) is 172 Å². The Morgan fingerprint density at radius 3 is 1.50 bits per heavy atom. The van der Waals surface area contributed by atoms with Crippen molar-refractivity contribution in [3.63, 3.8) is 0 Å². The van der Waals surface area contributed by atoms with Gasteiger partial charge in [-0.2, -0.15) is 0 Å². The Morgan fingerprint density at radius 1 is 0.522 bits per heavy atom. The van der Waals surface area contributed by atoms with Crippen LogP contribution >= 0.6 is 11.6 Å². The van der Waals surface area contributed by atoms with E-state index in [1.54, 1.807) is 70.2 Å². The summed E-state index contributed by atoms with van der Waals surface area (Å²) in [6.07, 6.45) is 1.35. The molecule has 0 radical (unpaired) electrons. The van der Waals surface area contributed by atoms with Crippen LogP contribution in [0.2, 0.25) is 5.02 Å². The number of imide groups is 1. The fourth-order valence-electron chi connectivity index (χ4n) is 12.8. The number of aliphatic hydroxyl groups excluding tert-OH is 1. The van der Waals surface area contributed by atoms with Gasteiger partial charge in [0.15, 0.2) is 6.04 Å². The van der Waals surface area contributed by atoms with E-state index in [0.717, 1.165) is 15.7 Å². The number of fused-ring (bicyclic) bond motifs is 1. The van der Waals surface area contributed by atoms with Crippen LogP contribution < -0.4 is 85.9 Å². The number of hydrogen-bond acceptors (Lipinski definition) is 18. The second-order valence-corrected chi connectivity index (χ2v) is 29.1. The van der Waals surface area contributed by atoms with Crippen LogP contribution in [-0.4, -0.2) is 195 Å². The number of hydrogen-bond donors (Lipinski definition) is 17. The molecule has 2 aliphatic heterocycles. The molecule has 35 nitrogen and oxygen atoms in total. The van der Waals surface area contributed by atoms with Gasteiger partial charge in [-0.15, -0.1) is 0 Å². The number of aromatic nitrogens is 1. The lowest BCUT2D eigenvalue weighted by Crippen LogP contribution is -2.63. The molecule has 1 aromatic heterocycles. The van der Waals surface area contributed by atoms with Crippen molar-refractivity contribution in [3.05, 3.63) is 173 Å². The number of primary amides is 2. The number of benzene rings is 5. The van der Waals surface area contributed by atoms with Gasteiger partial charge in [0.25, 0.3) is 11.8 Å². The molecule has 0 bridgehead atoms. The molecule has 2 fully saturated rings. The first-order chi connectivity index (χ1) is 54.7. The maximum Gasteiger partial charge on any atom is 0.322 e. The van der Waals surface area contributed by atoms with E-state index < -0.39 is 193 Å². The first-order valence-electron chi connectivity index (χ1n) is 37.2. The number of anilines is 2. The minimum Gasteiger partial charge on any atom is -0.394 e. The standard InChI is InChI=1S/C79H95ClN18O17/c1-41(2)31-55(73(109)97-65(76(112)84-42(3)4)77(113)98-30-10-14-63(98)75(111)85-43(5)66(81)102)89-69(105)58(34-47-20-27-54(28-21-47)88-78(82)114)91-71(107)59(35-46-18-25-53(26-19-46)87-67(103)61-38-64(101)96-79(115)95-61)93-74(110)62(40-99)94-72(108)60(37-49-11-9-29-83-39-49)92-70(106)57(33-45-16-23-52(80)24-17-45)90-68(104)56(86-44(6)100)36-48-15-22-50-12-7-8-13-51(50)32-48/h7-9,11-13,15-29,32,39,41-43,55-63,65,99H,10,14,30-31,33-38,40H2,1-6H3,(H2,81,102)(H,84,112)(H,85,111)(H,86,100)(H,87,103)(H,89,105)(H,90,104)(H,91,107)(H,92,106)(H,93,110)(H,94,108)(H,97,109)(H3,82,88,114)(H2,95,96,101,115)/t43-,55+,56-,57-,58+,59+,60+,61+,62+,63+,65+/m1/s1. The second kappa shape index (κ2) is 41.6. The zero-order valence-corrected chi connectivity index (χ0v) is 64.7. The van der Waals surface area contributed by atoms with Crippen LogP contribution in [-0.2, 0) is 99.2 Å². The van der Waals surface area contributed by atoms with Gasteiger partial charge in [-0.1, -0.05) is 110 Å². The second-order valence-electron chi connectivity index (χ2n) is 28.7. The zero-order valence-electron chi connectivity index (χ0n) is 64.0. The Balaban J connectivity index is 1.10. The predicted molar refractivity (Wildman–Crippen MR) is 420 cm³/mol. The molecule has 18 amide bonds. The predicted octanol–water partition coefficient (Wildman–Crippen LogP) is -0.129. The summed E-state index contributed by atoms with van der Waals surface area (Å²) < 4.78 is 0. The Hall–Kier alpha value is -12.9. The normalized spacial score (nSPS) is 16.1. The van der Waals surface area contributed by atoms with Crippen LogP contribution in [0.15, 0.2) is 140 Å². The van der Waals surface area contributed by atoms with Gasteiger partial charge in [0, 0.05) is 80.4 Å². The summed E-state index contributed by atoms with van der Waals surface area (Å²) in [5, 5.41) is 48.7. The van der Waals surface area contributed by atoms with E-state index in [0.29, 0.717) is 33.7 Å². The Morgan fingerprint density at radius 2 is 1.00 bits per heavy atom. The van der Waals surface area contributed by atoms with Crippen LogP contribution in [0, 0.1) is 5.92 Å². The highest BCUT2D eigenvalue weighted by Gasteiger charge is 2.43. The van der Waals surface area contributed by atoms with E-state index in [9.17, 15) is 72.2 Å². The summed E-state index contributed by atoms with van der Waals surface area (Å²) in [4.78, 5) is 226. The Kier molecular flexibility index (Phi) is 31.7. The summed E-state index contributed by atoms with van der Waals surface area (Å²) in [6, 6.07) is 14.7. The van der Waals surface area contributed by atoms with Crippen LogP contribution in [0.25, 0.3) is 10.8 Å². The summed E-state index contributed by atoms with van der Waals surface area (Å²) in [5.74, 6) is -13.2. The fraction of sp³-hybridized carbons (Fsp3) is 0.380. The van der Waals surface area contributed by atoms with Gasteiger partial charge < -0.3 is 90.6 Å². The summed E-state index contributed by atoms with van der Waals surface area (Å²) in [6.45, 7) is 7.98. The third-order valence-electron chi connectivity index (χ3n) is 18.6. The maximum absolute atomic E-state index is 15.4. The summed E-state index contributed by atoms with van der Waals surface area (Å²) >= 11 is 6.26. The Labute approximate surface area is 666 Å². The molecule has 6 aromatic rings. The number of nitrogens with one attached hydrogen (secondary N) is 14. The van der Waals surface area contributed by atoms with Crippen molar-refractivity contribution in [1.29, 1.82) is 0 Å². The molecule has 8 rings (SSSR count). The summed E-state index contributed by atoms with van der Waals surface area (Å²) in [7, 11) is 0. The fourth-order valence-corrected chi connectivity index (χ4v) is 12.9. The average Bonchev–Trinajstić information content (AvgIpc) is 1.80. The molecule has 3 heterocycles. The van der Waals surface area contributed by atoms with Gasteiger partial charge in [-0.25, -0.2) is 9.59 Å². The van der Waals surface area contributed by atoms with Gasteiger partial charge in [-0.05, 0) is 127 Å². The molecular weight excluding hydrogens is 1510 g/mol. The Bertz CT molecular complexity index is 4560. The van der Waals surface area contributed by atoms with E-state index in [1.807, 2.05) is 41.7 Å². The van der Waals surface area contributed by atoms with Gasteiger partial charge in [0.1, 0.15) is 60.4 Å². The lowest BCUT2D eigenvalue weighted by atomic mass is 9.99. The summed E-state index contributed by atoms with van der Waals surface area (Å²) in [5.41, 5.74) is 13.3. The topological polar surface area (TPSA) is 530 Å². The van der Waals surface area contributed by atoms with Crippen molar-refractivity contribution < 1.29 is 81.8 Å². The van der Waals surface area contributed by atoms with Gasteiger partial charge in [0.2, 0.25) is 70.9 Å². The number of nitrogens with two attached hydrogens (primary N) is 2. The molecule has 0 saturated carbocycles. The van der Waals surface area contributed by atoms with Crippen LogP contribution in [0.3, 0.4) is 0 Å². The minimum absolute atomic E-state index is 0.00553. The van der Waals surface area contributed by atoms with E-state index in [-0.39, 0.29) is 62.0 Å². The monoisotopic (exact) mass is 1600 g/mol. The number of rotatable bonds is 37. The molecule has 5 aromatic carbocycles. The number of carbonyl (C=O) groups excluding carboxylic acids is 16. The largest absolute Gasteiger partial charge is 0.394 e. The van der Waals surface area contributed by atoms with Crippen LogP contribution in [0.5, 0.6) is 0 Å². The average molecular weight is 1600 g/mol. The van der Waals surface area contributed by atoms with E-state index >= 15 is 9.59 Å². The van der Waals surface area contributed by atoms with Crippen molar-refractivity contribution in [2.75, 3.05) is 23.8 Å². The SMILES string of the molecule is CC(=O)N[C@H](Cc1ccc2ccccc2c1)C(=O)N[C@H](Cc1ccc(Cl)cc1)C(=O)N[C@@H](Cc1cccnc1)C(=O)N[C@@H](CO)C(=O)N[C@@H](Cc1ccc(NC(=O)[C@@H]2CC(=O)NC(=O)N2)cc1)C(=O)N[C@@H](Cc1ccc(NC(N)=O)cc1)C(=O)N[C@@H](CC(C)C)C(=O)N[C@@H](C(=O)NC(C)C)C(=O)N1CCC[C@H]1C(=O)N[C@H](C)C(N)=O. The minimum atomic E-state index is -2.00. The van der Waals surface area contributed by atoms with Crippen molar-refractivity contribution >= 4 is 129 Å². The van der Waals surface area contributed by atoms with Crippen LogP contribution in [0.4, 0.5) is 21.0 Å². The number of pyridine rings is 1. The first-order valence-corrected chi connectivity index (χ1v) is 37.5. The lowest BCUT2D eigenvalue weighted by molar-refractivity contribution is -0.146. The van der Waals surface area contributed by atoms with Crippen LogP contribution in [0.1, 0.15) is 95.0 Å². The molecule has 0 unspecified atom stereocenters. The molecule has 2 aliphatic rings. The number of halogens is 1. The van der Waals surface area contributed by atoms with Gasteiger partial charge in [-0.3, -0.25) is 77.4 Å². The molecule has 610 valence electrons. The van der Waals surface area contributed by atoms with Gasteiger partial charge in [0.05, 0.1) is 13.0 Å². The third-order valence-corrected chi connectivity index (χ3v) is 18.8. The molecule has 36 heteroatoms. The molecule has 2 saturated heterocycles. The van der Waals surface area contributed by atoms with Gasteiger partial charge >= 0.3 is 12.1 Å². The number of aliphatic hydroxyl groups is 1. The first kappa shape index (κ1) is 87.7. The number of amides is 18. The zero-order chi connectivity index (χ0) is 83.7. The van der Waals surface area contributed by atoms with E-state index in [1.165, 1.54) is 74.8 Å².